The monoisotopic (exact) mass is 255 g/mol. The summed E-state index contributed by atoms with van der Waals surface area (Å²) in [4.78, 5) is 3.66. The van der Waals surface area contributed by atoms with Gasteiger partial charge in [0, 0.05) is 17.3 Å². The minimum atomic E-state index is -4.22. The fraction of sp³-hybridized carbons (Fsp3) is 0.0833. The van der Waals surface area contributed by atoms with Crippen molar-refractivity contribution in [3.05, 3.63) is 48.8 Å². The molecule has 0 saturated heterocycles. The zero-order valence-corrected chi connectivity index (χ0v) is 9.42. The van der Waals surface area contributed by atoms with Crippen molar-refractivity contribution in [2.75, 3.05) is 0 Å². The predicted octanol–water partition coefficient (Wildman–Crippen LogP) is 4.36. The van der Waals surface area contributed by atoms with E-state index in [0.717, 1.165) is 0 Å². The van der Waals surface area contributed by atoms with Crippen molar-refractivity contribution in [1.29, 1.82) is 0 Å². The van der Waals surface area contributed by atoms with Crippen molar-refractivity contribution in [2.24, 2.45) is 0 Å². The molecule has 1 heterocycles. The number of hydrogen-bond acceptors (Lipinski definition) is 2. The van der Waals surface area contributed by atoms with Crippen molar-refractivity contribution < 1.29 is 13.2 Å². The van der Waals surface area contributed by atoms with Crippen molar-refractivity contribution in [2.45, 2.75) is 10.4 Å². The maximum Gasteiger partial charge on any atom is 0.446 e. The lowest BCUT2D eigenvalue weighted by Crippen LogP contribution is -1.98. The first kappa shape index (κ1) is 12.0. The van der Waals surface area contributed by atoms with Gasteiger partial charge in [0.05, 0.1) is 0 Å². The number of fused-ring (bicyclic) bond motifs is 1. The molecule has 0 N–H and O–H groups in total. The van der Waals surface area contributed by atoms with Gasteiger partial charge in [-0.25, -0.2) is 0 Å². The van der Waals surface area contributed by atoms with E-state index in [2.05, 4.69) is 29.2 Å². The van der Waals surface area contributed by atoms with Crippen molar-refractivity contribution in [3.63, 3.8) is 0 Å². The van der Waals surface area contributed by atoms with E-state index in [9.17, 15) is 13.2 Å². The van der Waals surface area contributed by atoms with Crippen LogP contribution in [0.1, 0.15) is 0 Å². The van der Waals surface area contributed by atoms with Gasteiger partial charge in [-0.3, -0.25) is 4.98 Å². The summed E-state index contributed by atoms with van der Waals surface area (Å²) >= 11 is -0.162. The van der Waals surface area contributed by atoms with E-state index in [4.69, 9.17) is 0 Å². The van der Waals surface area contributed by atoms with Crippen LogP contribution in [0.5, 0.6) is 0 Å². The molecule has 3 rings (SSSR count). The molecule has 0 atom stereocenters. The minimum Gasteiger partial charge on any atom is -0.264 e. The topological polar surface area (TPSA) is 12.9 Å². The summed E-state index contributed by atoms with van der Waals surface area (Å²) in [6, 6.07) is 11.3. The van der Waals surface area contributed by atoms with E-state index in [1.54, 1.807) is 0 Å². The Morgan fingerprint density at radius 3 is 1.82 bits per heavy atom. The SMILES string of the molecule is FC(F)(F)Sc1cccnc1.c1cc2ccc1-2. The second-order valence-electron chi connectivity index (χ2n) is 3.31. The van der Waals surface area contributed by atoms with E-state index < -0.39 is 5.51 Å². The number of aromatic nitrogens is 1. The Kier molecular flexibility index (Phi) is 3.38. The van der Waals surface area contributed by atoms with Crippen LogP contribution in [0.4, 0.5) is 13.2 Å². The number of pyridine rings is 1. The van der Waals surface area contributed by atoms with E-state index in [0.29, 0.717) is 0 Å². The lowest BCUT2D eigenvalue weighted by atomic mass is 9.95. The smallest absolute Gasteiger partial charge is 0.264 e. The molecule has 0 radical (unpaired) electrons. The van der Waals surface area contributed by atoms with Gasteiger partial charge >= 0.3 is 5.51 Å². The Morgan fingerprint density at radius 2 is 1.53 bits per heavy atom. The molecule has 0 bridgehead atoms. The zero-order chi connectivity index (χ0) is 12.3. The third kappa shape index (κ3) is 3.49. The molecule has 0 saturated carbocycles. The average molecular weight is 255 g/mol. The summed E-state index contributed by atoms with van der Waals surface area (Å²) in [5.74, 6) is 0. The van der Waals surface area contributed by atoms with Crippen LogP contribution in [-0.2, 0) is 0 Å². The third-order valence-electron chi connectivity index (χ3n) is 2.09. The van der Waals surface area contributed by atoms with E-state index in [1.165, 1.54) is 35.7 Å². The van der Waals surface area contributed by atoms with Gasteiger partial charge in [-0.2, -0.15) is 13.2 Å². The van der Waals surface area contributed by atoms with Gasteiger partial charge < -0.3 is 0 Å². The Bertz CT molecular complexity index is 458. The zero-order valence-electron chi connectivity index (χ0n) is 8.61. The highest BCUT2D eigenvalue weighted by Gasteiger charge is 2.28. The maximum absolute atomic E-state index is 11.7. The molecule has 0 aliphatic heterocycles. The molecule has 17 heavy (non-hydrogen) atoms. The van der Waals surface area contributed by atoms with Crippen LogP contribution in [0, 0.1) is 0 Å². The van der Waals surface area contributed by atoms with Crippen LogP contribution in [0.25, 0.3) is 11.1 Å². The van der Waals surface area contributed by atoms with Gasteiger partial charge in [0.2, 0.25) is 0 Å². The fourth-order valence-electron chi connectivity index (χ4n) is 1.20. The molecule has 0 unspecified atom stereocenters. The van der Waals surface area contributed by atoms with Crippen LogP contribution in [0.3, 0.4) is 0 Å². The molecule has 1 aromatic heterocycles. The molecule has 88 valence electrons. The van der Waals surface area contributed by atoms with Gasteiger partial charge in [0.1, 0.15) is 0 Å². The Morgan fingerprint density at radius 1 is 0.941 bits per heavy atom. The van der Waals surface area contributed by atoms with Gasteiger partial charge in [0.25, 0.3) is 0 Å². The number of nitrogens with zero attached hydrogens (tertiary/aromatic N) is 1. The molecule has 5 heteroatoms. The summed E-state index contributed by atoms with van der Waals surface area (Å²) in [5.41, 5.74) is -1.37. The number of hydrogen-bond donors (Lipinski definition) is 0. The molecule has 0 fully saturated rings. The summed E-state index contributed by atoms with van der Waals surface area (Å²) in [6.45, 7) is 0. The summed E-state index contributed by atoms with van der Waals surface area (Å²) in [5, 5.41) is 0. The van der Waals surface area contributed by atoms with Gasteiger partial charge in [-0.15, -0.1) is 0 Å². The van der Waals surface area contributed by atoms with Crippen LogP contribution in [0.15, 0.2) is 53.7 Å². The first-order valence-electron chi connectivity index (χ1n) is 4.81. The largest absolute Gasteiger partial charge is 0.446 e. The predicted molar refractivity (Wildman–Crippen MR) is 61.6 cm³/mol. The lowest BCUT2D eigenvalue weighted by molar-refractivity contribution is -0.0328. The highest BCUT2D eigenvalue weighted by Crippen LogP contribution is 2.35. The standard InChI is InChI=1S/C6H4F3NS.C6H4/c7-6(8,9)11-5-2-1-3-10-4-5;1-2-6-4-3-5(1)6/h1-4H;1-4H. The summed E-state index contributed by atoms with van der Waals surface area (Å²) in [7, 11) is 0. The molecular weight excluding hydrogens is 247 g/mol. The quantitative estimate of drug-likeness (QED) is 0.599. The van der Waals surface area contributed by atoms with Gasteiger partial charge in [-0.1, -0.05) is 24.3 Å². The van der Waals surface area contributed by atoms with E-state index in [-0.39, 0.29) is 16.7 Å². The van der Waals surface area contributed by atoms with Crippen molar-refractivity contribution >= 4 is 11.8 Å². The van der Waals surface area contributed by atoms with Crippen LogP contribution in [0.2, 0.25) is 0 Å². The normalized spacial score (nSPS) is 11.5. The van der Waals surface area contributed by atoms with Crippen LogP contribution < -0.4 is 0 Å². The average Bonchev–Trinajstić information content (AvgIpc) is 2.23. The number of alkyl halides is 3. The highest BCUT2D eigenvalue weighted by molar-refractivity contribution is 8.00. The van der Waals surface area contributed by atoms with E-state index >= 15 is 0 Å². The first-order chi connectivity index (χ1) is 8.04. The van der Waals surface area contributed by atoms with Crippen LogP contribution >= 0.6 is 11.8 Å². The maximum atomic E-state index is 11.7. The molecule has 0 spiro atoms. The Hall–Kier alpha value is -1.49. The third-order valence-corrected chi connectivity index (χ3v) is 2.79. The van der Waals surface area contributed by atoms with Gasteiger partial charge in [-0.05, 0) is 35.0 Å². The highest BCUT2D eigenvalue weighted by atomic mass is 32.2. The van der Waals surface area contributed by atoms with E-state index in [1.807, 2.05) is 0 Å². The lowest BCUT2D eigenvalue weighted by Gasteiger charge is -2.10. The second-order valence-corrected chi connectivity index (χ2v) is 4.45. The Labute approximate surface area is 101 Å². The fourth-order valence-corrected chi connectivity index (χ4v) is 1.73. The molecule has 2 aliphatic rings. The molecular formula is C12H8F3NS. The summed E-state index contributed by atoms with van der Waals surface area (Å²) in [6.07, 6.45) is 2.61. The first-order valence-corrected chi connectivity index (χ1v) is 5.62. The minimum absolute atomic E-state index is 0.111. The number of rotatable bonds is 1. The molecule has 2 aliphatic carbocycles. The Balaban J connectivity index is 0.000000148. The van der Waals surface area contributed by atoms with Crippen LogP contribution in [-0.4, -0.2) is 10.5 Å². The second kappa shape index (κ2) is 4.79. The molecule has 1 aromatic rings. The molecule has 0 aromatic carbocycles. The van der Waals surface area contributed by atoms with Crippen molar-refractivity contribution in [1.82, 2.24) is 4.98 Å². The number of halogens is 3. The molecule has 1 nitrogen and oxygen atoms in total. The number of thioether (sulfide) groups is 1. The van der Waals surface area contributed by atoms with Gasteiger partial charge in [0.15, 0.2) is 0 Å². The molecule has 0 amide bonds. The van der Waals surface area contributed by atoms with Crippen molar-refractivity contribution in [3.8, 4) is 11.1 Å². The number of benzene rings is 1. The summed E-state index contributed by atoms with van der Waals surface area (Å²) < 4.78 is 35.0.